The van der Waals surface area contributed by atoms with Crippen LogP contribution in [0, 0.1) is 11.3 Å². The maximum Gasteiger partial charge on any atom is 0.211 e. The van der Waals surface area contributed by atoms with Crippen molar-refractivity contribution < 1.29 is 8.42 Å². The molecular weight excluding hydrogens is 312 g/mol. The summed E-state index contributed by atoms with van der Waals surface area (Å²) in [7, 11) is -3.24. The van der Waals surface area contributed by atoms with E-state index in [2.05, 4.69) is 16.0 Å². The summed E-state index contributed by atoms with van der Waals surface area (Å²) >= 11 is 0. The monoisotopic (exact) mass is 332 g/mol. The lowest BCUT2D eigenvalue weighted by atomic mass is 10.0. The van der Waals surface area contributed by atoms with Crippen molar-refractivity contribution in [2.45, 2.75) is 19.4 Å². The van der Waals surface area contributed by atoms with Crippen LogP contribution in [0.4, 0.5) is 5.69 Å². The number of H-pyrrole nitrogens is 1. The van der Waals surface area contributed by atoms with Gasteiger partial charge in [-0.25, -0.2) is 8.42 Å². The molecule has 1 aromatic heterocycles. The summed E-state index contributed by atoms with van der Waals surface area (Å²) in [4.78, 5) is 5.31. The standard InChI is InChI=1S/C16H20N4O2S/c1-16(2)11-19(6-7-20(16)23(3,21)22)15-9-12(10-17)8-14-13(15)4-5-18-14/h4-5,8-9,18H,6-7,11H2,1-3H3. The molecule has 0 saturated carbocycles. The van der Waals surface area contributed by atoms with Crippen LogP contribution < -0.4 is 4.90 Å². The number of nitrogens with one attached hydrogen (secondary N) is 1. The molecule has 1 N–H and O–H groups in total. The highest BCUT2D eigenvalue weighted by Crippen LogP contribution is 2.33. The van der Waals surface area contributed by atoms with Crippen molar-refractivity contribution in [3.05, 3.63) is 30.0 Å². The molecule has 0 bridgehead atoms. The van der Waals surface area contributed by atoms with E-state index < -0.39 is 15.6 Å². The van der Waals surface area contributed by atoms with Gasteiger partial charge in [0.2, 0.25) is 10.0 Å². The Kier molecular flexibility index (Phi) is 3.62. The summed E-state index contributed by atoms with van der Waals surface area (Å²) in [5.41, 5.74) is 1.99. The number of anilines is 1. The lowest BCUT2D eigenvalue weighted by Gasteiger charge is -2.46. The van der Waals surface area contributed by atoms with Crippen LogP contribution in [0.15, 0.2) is 24.4 Å². The van der Waals surface area contributed by atoms with Gasteiger partial charge in [0.1, 0.15) is 0 Å². The fourth-order valence-electron chi connectivity index (χ4n) is 3.43. The first-order valence-electron chi connectivity index (χ1n) is 7.46. The molecule has 0 spiro atoms. The van der Waals surface area contributed by atoms with Crippen LogP contribution in [0.25, 0.3) is 10.9 Å². The second-order valence-corrected chi connectivity index (χ2v) is 8.52. The quantitative estimate of drug-likeness (QED) is 0.911. The first-order chi connectivity index (χ1) is 10.7. The number of piperazine rings is 1. The summed E-state index contributed by atoms with van der Waals surface area (Å²) in [6.07, 6.45) is 3.11. The van der Waals surface area contributed by atoms with Crippen molar-refractivity contribution in [1.29, 1.82) is 5.26 Å². The van der Waals surface area contributed by atoms with Gasteiger partial charge in [0.25, 0.3) is 0 Å². The SMILES string of the molecule is CC1(C)CN(c2cc(C#N)cc3[nH]ccc23)CCN1S(C)(=O)=O. The first-order valence-corrected chi connectivity index (χ1v) is 9.31. The predicted octanol–water partition coefficient (Wildman–Crippen LogP) is 1.90. The first kappa shape index (κ1) is 15.8. The van der Waals surface area contributed by atoms with Gasteiger partial charge in [0.15, 0.2) is 0 Å². The average Bonchev–Trinajstić information content (AvgIpc) is 2.91. The van der Waals surface area contributed by atoms with E-state index in [9.17, 15) is 13.7 Å². The Morgan fingerprint density at radius 1 is 1.30 bits per heavy atom. The maximum absolute atomic E-state index is 12.0. The summed E-state index contributed by atoms with van der Waals surface area (Å²) in [6, 6.07) is 7.88. The van der Waals surface area contributed by atoms with E-state index >= 15 is 0 Å². The largest absolute Gasteiger partial charge is 0.368 e. The third-order valence-electron chi connectivity index (χ3n) is 4.34. The Balaban J connectivity index is 2.02. The number of aromatic nitrogens is 1. The predicted molar refractivity (Wildman–Crippen MR) is 90.9 cm³/mol. The highest BCUT2D eigenvalue weighted by molar-refractivity contribution is 7.88. The van der Waals surface area contributed by atoms with Crippen LogP contribution in [0.2, 0.25) is 0 Å². The van der Waals surface area contributed by atoms with Gasteiger partial charge in [0.05, 0.1) is 17.9 Å². The van der Waals surface area contributed by atoms with Gasteiger partial charge in [0, 0.05) is 48.0 Å². The molecule has 0 unspecified atom stereocenters. The molecule has 1 aliphatic rings. The minimum Gasteiger partial charge on any atom is -0.368 e. The lowest BCUT2D eigenvalue weighted by Crippen LogP contribution is -2.60. The van der Waals surface area contributed by atoms with E-state index in [0.717, 1.165) is 16.6 Å². The fraction of sp³-hybridized carbons (Fsp3) is 0.438. The molecule has 23 heavy (non-hydrogen) atoms. The Morgan fingerprint density at radius 2 is 2.04 bits per heavy atom. The number of aromatic amines is 1. The zero-order valence-electron chi connectivity index (χ0n) is 13.5. The van der Waals surface area contributed by atoms with E-state index in [0.29, 0.717) is 25.2 Å². The van der Waals surface area contributed by atoms with Gasteiger partial charge in [-0.2, -0.15) is 9.57 Å². The molecule has 0 atom stereocenters. The van der Waals surface area contributed by atoms with Gasteiger partial charge in [-0.15, -0.1) is 0 Å². The summed E-state index contributed by atoms with van der Waals surface area (Å²) < 4.78 is 25.5. The molecule has 1 aromatic carbocycles. The van der Waals surface area contributed by atoms with Gasteiger partial charge >= 0.3 is 0 Å². The second kappa shape index (κ2) is 5.25. The van der Waals surface area contributed by atoms with Gasteiger partial charge in [-0.05, 0) is 32.0 Å². The number of benzene rings is 1. The number of nitrogens with zero attached hydrogens (tertiary/aromatic N) is 3. The van der Waals surface area contributed by atoms with Crippen LogP contribution in [0.5, 0.6) is 0 Å². The Bertz CT molecular complexity index is 892. The Morgan fingerprint density at radius 3 is 2.65 bits per heavy atom. The average molecular weight is 332 g/mol. The zero-order valence-corrected chi connectivity index (χ0v) is 14.3. The van der Waals surface area contributed by atoms with Crippen LogP contribution in [-0.2, 0) is 10.0 Å². The molecular formula is C16H20N4O2S. The molecule has 0 radical (unpaired) electrons. The topological polar surface area (TPSA) is 80.2 Å². The molecule has 0 amide bonds. The van der Waals surface area contributed by atoms with Crippen molar-refractivity contribution in [3.8, 4) is 6.07 Å². The fourth-order valence-corrected chi connectivity index (χ4v) is 4.80. The van der Waals surface area contributed by atoms with Crippen molar-refractivity contribution >= 4 is 26.6 Å². The highest BCUT2D eigenvalue weighted by Gasteiger charge is 2.39. The van der Waals surface area contributed by atoms with Crippen molar-refractivity contribution in [2.24, 2.45) is 0 Å². The Hall–Kier alpha value is -2.04. The number of hydrogen-bond donors (Lipinski definition) is 1. The van der Waals surface area contributed by atoms with Gasteiger partial charge in [-0.3, -0.25) is 0 Å². The molecule has 1 aliphatic heterocycles. The van der Waals surface area contributed by atoms with E-state index in [-0.39, 0.29) is 0 Å². The van der Waals surface area contributed by atoms with E-state index in [1.165, 1.54) is 6.26 Å². The van der Waals surface area contributed by atoms with Gasteiger partial charge in [-0.1, -0.05) is 0 Å². The van der Waals surface area contributed by atoms with E-state index in [4.69, 9.17) is 0 Å². The number of nitriles is 1. The third-order valence-corrected chi connectivity index (χ3v) is 5.82. The van der Waals surface area contributed by atoms with Gasteiger partial charge < -0.3 is 9.88 Å². The van der Waals surface area contributed by atoms with Crippen LogP contribution >= 0.6 is 0 Å². The number of fused-ring (bicyclic) bond motifs is 1. The summed E-state index contributed by atoms with van der Waals surface area (Å²) in [5, 5.41) is 10.3. The number of hydrogen-bond acceptors (Lipinski definition) is 4. The van der Waals surface area contributed by atoms with Crippen molar-refractivity contribution in [1.82, 2.24) is 9.29 Å². The maximum atomic E-state index is 12.0. The molecule has 122 valence electrons. The third kappa shape index (κ3) is 2.80. The molecule has 1 saturated heterocycles. The summed E-state index contributed by atoms with van der Waals surface area (Å²) in [5.74, 6) is 0. The summed E-state index contributed by atoms with van der Waals surface area (Å²) in [6.45, 7) is 5.49. The molecule has 7 heteroatoms. The Labute approximate surface area is 136 Å². The minimum atomic E-state index is -3.24. The van der Waals surface area contributed by atoms with Crippen LogP contribution in [-0.4, -0.2) is 49.1 Å². The molecule has 0 aliphatic carbocycles. The normalized spacial score (nSPS) is 19.0. The van der Waals surface area contributed by atoms with Crippen LogP contribution in [0.1, 0.15) is 19.4 Å². The number of sulfonamides is 1. The molecule has 2 heterocycles. The highest BCUT2D eigenvalue weighted by atomic mass is 32.2. The molecule has 1 fully saturated rings. The molecule has 6 nitrogen and oxygen atoms in total. The molecule has 2 aromatic rings. The van der Waals surface area contributed by atoms with Crippen molar-refractivity contribution in [2.75, 3.05) is 30.8 Å². The minimum absolute atomic E-state index is 0.439. The molecule has 3 rings (SSSR count). The number of rotatable bonds is 2. The van der Waals surface area contributed by atoms with E-state index in [1.54, 1.807) is 4.31 Å². The second-order valence-electron chi connectivity index (χ2n) is 6.62. The van der Waals surface area contributed by atoms with Crippen LogP contribution in [0.3, 0.4) is 0 Å². The van der Waals surface area contributed by atoms with E-state index in [1.807, 2.05) is 38.2 Å². The zero-order chi connectivity index (χ0) is 16.8. The van der Waals surface area contributed by atoms with Crippen molar-refractivity contribution in [3.63, 3.8) is 0 Å². The smallest absolute Gasteiger partial charge is 0.211 e. The lowest BCUT2D eigenvalue weighted by molar-refractivity contribution is 0.206.